The summed E-state index contributed by atoms with van der Waals surface area (Å²) in [6.07, 6.45) is 1.12. The first-order valence-corrected chi connectivity index (χ1v) is 6.03. The molecule has 2 amide bonds. The van der Waals surface area contributed by atoms with Crippen LogP contribution in [0.15, 0.2) is 0 Å². The minimum atomic E-state index is -1.44. The number of aliphatic hydroxyl groups is 1. The molecule has 0 aromatic carbocycles. The average Bonchev–Trinajstić information content (AvgIpc) is 2.25. The number of nitrogens with one attached hydrogen (secondary N) is 1. The molecule has 5 N–H and O–H groups in total. The van der Waals surface area contributed by atoms with Crippen molar-refractivity contribution in [3.8, 4) is 0 Å². The summed E-state index contributed by atoms with van der Waals surface area (Å²) in [6, 6.07) is -0.142. The molecule has 104 valence electrons. The molecule has 0 bridgehead atoms. The number of hydrogen-bond acceptors (Lipinski definition) is 4. The lowest BCUT2D eigenvalue weighted by Gasteiger charge is -2.31. The zero-order valence-electron chi connectivity index (χ0n) is 10.6. The van der Waals surface area contributed by atoms with Crippen LogP contribution in [-0.2, 0) is 4.79 Å². The van der Waals surface area contributed by atoms with E-state index in [1.54, 1.807) is 4.90 Å². The lowest BCUT2D eigenvalue weighted by Crippen LogP contribution is -2.50. The monoisotopic (exact) mass is 259 g/mol. The van der Waals surface area contributed by atoms with Gasteiger partial charge in [0.1, 0.15) is 0 Å². The fraction of sp³-hybridized carbons (Fsp3) is 0.818. The van der Waals surface area contributed by atoms with Gasteiger partial charge in [0.25, 0.3) is 0 Å². The van der Waals surface area contributed by atoms with Crippen LogP contribution in [0, 0.1) is 0 Å². The summed E-state index contributed by atoms with van der Waals surface area (Å²) in [7, 11) is 0. The lowest BCUT2D eigenvalue weighted by molar-refractivity contribution is -0.141. The van der Waals surface area contributed by atoms with Gasteiger partial charge in [0, 0.05) is 25.7 Å². The molecule has 0 saturated carbocycles. The maximum absolute atomic E-state index is 11.8. The van der Waals surface area contributed by atoms with Crippen LogP contribution < -0.4 is 11.1 Å². The molecule has 1 aliphatic heterocycles. The largest absolute Gasteiger partial charge is 0.481 e. The third-order valence-electron chi connectivity index (χ3n) is 2.98. The summed E-state index contributed by atoms with van der Waals surface area (Å²) in [4.78, 5) is 23.9. The van der Waals surface area contributed by atoms with Crippen molar-refractivity contribution in [1.82, 2.24) is 10.2 Å². The second-order valence-electron chi connectivity index (χ2n) is 5.05. The highest BCUT2D eigenvalue weighted by Gasteiger charge is 2.27. The number of nitrogens with zero attached hydrogens (tertiary/aromatic N) is 1. The van der Waals surface area contributed by atoms with Crippen molar-refractivity contribution < 1.29 is 19.8 Å². The summed E-state index contributed by atoms with van der Waals surface area (Å²) in [5, 5.41) is 20.9. The van der Waals surface area contributed by atoms with Gasteiger partial charge in [0.2, 0.25) is 0 Å². The number of nitrogens with two attached hydrogens (primary N) is 1. The van der Waals surface area contributed by atoms with E-state index in [4.69, 9.17) is 10.8 Å². The minimum absolute atomic E-state index is 0.0827. The van der Waals surface area contributed by atoms with E-state index in [2.05, 4.69) is 5.32 Å². The molecule has 18 heavy (non-hydrogen) atoms. The van der Waals surface area contributed by atoms with Crippen LogP contribution in [0.3, 0.4) is 0 Å². The van der Waals surface area contributed by atoms with Crippen molar-refractivity contribution in [2.75, 3.05) is 19.6 Å². The number of carboxylic acids is 1. The molecule has 1 aliphatic rings. The van der Waals surface area contributed by atoms with Crippen LogP contribution in [0.2, 0.25) is 0 Å². The average molecular weight is 259 g/mol. The molecular formula is C11H21N3O4. The Morgan fingerprint density at radius 1 is 1.44 bits per heavy atom. The third-order valence-corrected chi connectivity index (χ3v) is 2.98. The predicted octanol–water partition coefficient (Wildman–Crippen LogP) is -0.655. The highest BCUT2D eigenvalue weighted by molar-refractivity contribution is 5.74. The van der Waals surface area contributed by atoms with Crippen molar-refractivity contribution in [3.05, 3.63) is 0 Å². The van der Waals surface area contributed by atoms with Gasteiger partial charge in [-0.05, 0) is 19.8 Å². The van der Waals surface area contributed by atoms with Gasteiger partial charge in [0.05, 0.1) is 12.0 Å². The van der Waals surface area contributed by atoms with Gasteiger partial charge in [-0.25, -0.2) is 4.79 Å². The van der Waals surface area contributed by atoms with E-state index in [0.717, 1.165) is 12.8 Å². The maximum Gasteiger partial charge on any atom is 0.317 e. The molecule has 1 rings (SSSR count). The van der Waals surface area contributed by atoms with E-state index in [-0.39, 0.29) is 18.6 Å². The van der Waals surface area contributed by atoms with Crippen LogP contribution in [0.25, 0.3) is 0 Å². The Labute approximate surface area is 106 Å². The van der Waals surface area contributed by atoms with E-state index >= 15 is 0 Å². The van der Waals surface area contributed by atoms with Gasteiger partial charge < -0.3 is 26.2 Å². The Kier molecular flexibility index (Phi) is 4.92. The first-order valence-electron chi connectivity index (χ1n) is 6.03. The zero-order chi connectivity index (χ0) is 13.8. The van der Waals surface area contributed by atoms with Gasteiger partial charge >= 0.3 is 12.0 Å². The Hall–Kier alpha value is -1.34. The summed E-state index contributed by atoms with van der Waals surface area (Å²) in [5.41, 5.74) is 4.29. The second kappa shape index (κ2) is 6.01. The normalized spacial score (nSPS) is 20.3. The van der Waals surface area contributed by atoms with Gasteiger partial charge in [-0.1, -0.05) is 0 Å². The highest BCUT2D eigenvalue weighted by Crippen LogP contribution is 2.10. The Balaban J connectivity index is 2.34. The third kappa shape index (κ3) is 4.89. The highest BCUT2D eigenvalue weighted by atomic mass is 16.4. The molecule has 1 atom stereocenters. The van der Waals surface area contributed by atoms with Crippen LogP contribution >= 0.6 is 0 Å². The quantitative estimate of drug-likeness (QED) is 0.535. The van der Waals surface area contributed by atoms with Gasteiger partial charge in [-0.3, -0.25) is 4.79 Å². The van der Waals surface area contributed by atoms with Crippen molar-refractivity contribution in [2.24, 2.45) is 5.73 Å². The van der Waals surface area contributed by atoms with Crippen LogP contribution in [0.1, 0.15) is 26.2 Å². The minimum Gasteiger partial charge on any atom is -0.481 e. The van der Waals surface area contributed by atoms with Gasteiger partial charge in [-0.15, -0.1) is 0 Å². The van der Waals surface area contributed by atoms with Gasteiger partial charge in [-0.2, -0.15) is 0 Å². The molecule has 1 unspecified atom stereocenters. The molecule has 0 aromatic heterocycles. The SMILES string of the molecule is CC(O)(CNC(=O)N1CCC(N)CC1)CC(=O)O. The number of hydrogen-bond donors (Lipinski definition) is 4. The van der Waals surface area contributed by atoms with E-state index in [0.29, 0.717) is 13.1 Å². The Bertz CT molecular complexity index is 311. The molecule has 1 saturated heterocycles. The summed E-state index contributed by atoms with van der Waals surface area (Å²) in [5.74, 6) is -1.10. The van der Waals surface area contributed by atoms with E-state index in [1.165, 1.54) is 6.92 Å². The molecule has 0 aliphatic carbocycles. The van der Waals surface area contributed by atoms with E-state index in [9.17, 15) is 14.7 Å². The summed E-state index contributed by atoms with van der Waals surface area (Å²) >= 11 is 0. The molecule has 1 fully saturated rings. The Morgan fingerprint density at radius 3 is 2.50 bits per heavy atom. The van der Waals surface area contributed by atoms with Crippen LogP contribution in [0.4, 0.5) is 4.79 Å². The number of urea groups is 1. The smallest absolute Gasteiger partial charge is 0.317 e. The van der Waals surface area contributed by atoms with Crippen molar-refractivity contribution in [2.45, 2.75) is 37.8 Å². The maximum atomic E-state index is 11.8. The molecule has 1 heterocycles. The molecule has 0 aromatic rings. The molecule has 7 heteroatoms. The van der Waals surface area contributed by atoms with Gasteiger partial charge in [0.15, 0.2) is 0 Å². The van der Waals surface area contributed by atoms with Crippen LogP contribution in [-0.4, -0.2) is 58.4 Å². The predicted molar refractivity (Wildman–Crippen MR) is 65.1 cm³/mol. The number of amides is 2. The topological polar surface area (TPSA) is 116 Å². The molecule has 0 spiro atoms. The lowest BCUT2D eigenvalue weighted by atomic mass is 10.0. The molecular weight excluding hydrogens is 238 g/mol. The van der Waals surface area contributed by atoms with Crippen molar-refractivity contribution in [3.63, 3.8) is 0 Å². The van der Waals surface area contributed by atoms with E-state index in [1.807, 2.05) is 0 Å². The summed E-state index contributed by atoms with van der Waals surface area (Å²) < 4.78 is 0. The number of carbonyl (C=O) groups excluding carboxylic acids is 1. The second-order valence-corrected chi connectivity index (χ2v) is 5.05. The zero-order valence-corrected chi connectivity index (χ0v) is 10.6. The summed E-state index contributed by atoms with van der Waals surface area (Å²) in [6.45, 7) is 2.48. The van der Waals surface area contributed by atoms with E-state index < -0.39 is 18.0 Å². The van der Waals surface area contributed by atoms with Crippen molar-refractivity contribution >= 4 is 12.0 Å². The molecule has 7 nitrogen and oxygen atoms in total. The van der Waals surface area contributed by atoms with Crippen LogP contribution in [0.5, 0.6) is 0 Å². The first-order chi connectivity index (χ1) is 8.30. The number of carbonyl (C=O) groups is 2. The number of likely N-dealkylation sites (tertiary alicyclic amines) is 1. The number of carboxylic acid groups (broad SMARTS) is 1. The Morgan fingerprint density at radius 2 is 2.00 bits per heavy atom. The van der Waals surface area contributed by atoms with Crippen molar-refractivity contribution in [1.29, 1.82) is 0 Å². The fourth-order valence-corrected chi connectivity index (χ4v) is 1.87. The molecule has 0 radical (unpaired) electrons. The number of rotatable bonds is 4. The first kappa shape index (κ1) is 14.7. The fourth-order valence-electron chi connectivity index (χ4n) is 1.87. The number of piperidine rings is 1. The standard InChI is InChI=1S/C11H21N3O4/c1-11(18,6-9(15)16)7-13-10(17)14-4-2-8(12)3-5-14/h8,18H,2-7,12H2,1H3,(H,13,17)(H,15,16). The number of aliphatic carboxylic acids is 1.